The van der Waals surface area contributed by atoms with Crippen LogP contribution in [0.1, 0.15) is 44.3 Å². The Hall–Kier alpha value is -0.800. The molecule has 3 heteroatoms. The quantitative estimate of drug-likeness (QED) is 0.871. The minimum atomic E-state index is 0.683. The third-order valence-corrected chi connectivity index (χ3v) is 3.91. The van der Waals surface area contributed by atoms with Gasteiger partial charge in [0.1, 0.15) is 11.5 Å². The zero-order valence-corrected chi connectivity index (χ0v) is 12.1. The summed E-state index contributed by atoms with van der Waals surface area (Å²) in [6.07, 6.45) is 1.31. The van der Waals surface area contributed by atoms with Crippen LogP contribution in [0.3, 0.4) is 0 Å². The molecule has 2 heterocycles. The normalized spacial score (nSPS) is 24.9. The number of hydrogen-bond acceptors (Lipinski definition) is 3. The summed E-state index contributed by atoms with van der Waals surface area (Å²) in [5.74, 6) is 2.99. The van der Waals surface area contributed by atoms with Gasteiger partial charge in [0.15, 0.2) is 0 Å². The molecule has 0 amide bonds. The Kier molecular flexibility index (Phi) is 4.46. The van der Waals surface area contributed by atoms with Gasteiger partial charge in [-0.15, -0.1) is 0 Å². The molecule has 0 aromatic carbocycles. The molecule has 2 atom stereocenters. The molecule has 102 valence electrons. The monoisotopic (exact) mass is 250 g/mol. The number of hydrogen-bond donors (Lipinski definition) is 1. The molecular formula is C15H26N2O. The summed E-state index contributed by atoms with van der Waals surface area (Å²) in [4.78, 5) is 2.53. The van der Waals surface area contributed by atoms with Crippen LogP contribution in [0.4, 0.5) is 0 Å². The third kappa shape index (κ3) is 3.15. The molecule has 1 aliphatic rings. The SMILES string of the molecule is CCNCc1cc(CN2CC(C)CC2C)oc1C. The van der Waals surface area contributed by atoms with Crippen molar-refractivity contribution in [3.63, 3.8) is 0 Å². The van der Waals surface area contributed by atoms with Crippen molar-refractivity contribution in [3.05, 3.63) is 23.2 Å². The smallest absolute Gasteiger partial charge is 0.118 e. The molecule has 1 saturated heterocycles. The number of furan rings is 1. The minimum absolute atomic E-state index is 0.683. The lowest BCUT2D eigenvalue weighted by atomic mass is 10.1. The van der Waals surface area contributed by atoms with Gasteiger partial charge in [-0.1, -0.05) is 13.8 Å². The van der Waals surface area contributed by atoms with Gasteiger partial charge in [0.05, 0.1) is 6.54 Å². The topological polar surface area (TPSA) is 28.4 Å². The van der Waals surface area contributed by atoms with Crippen molar-refractivity contribution in [2.75, 3.05) is 13.1 Å². The lowest BCUT2D eigenvalue weighted by molar-refractivity contribution is 0.234. The van der Waals surface area contributed by atoms with E-state index in [0.717, 1.165) is 37.1 Å². The summed E-state index contributed by atoms with van der Waals surface area (Å²) in [6.45, 7) is 12.9. The highest BCUT2D eigenvalue weighted by atomic mass is 16.3. The Labute approximate surface area is 111 Å². The number of likely N-dealkylation sites (tertiary alicyclic amines) is 1. The fourth-order valence-electron chi connectivity index (χ4n) is 2.91. The highest BCUT2D eigenvalue weighted by Crippen LogP contribution is 2.25. The van der Waals surface area contributed by atoms with E-state index in [1.807, 2.05) is 0 Å². The van der Waals surface area contributed by atoms with Crippen molar-refractivity contribution in [2.45, 2.75) is 53.2 Å². The standard InChI is InChI=1S/C15H26N2O/c1-5-16-8-14-7-15(18-13(14)4)10-17-9-11(2)6-12(17)3/h7,11-12,16H,5-6,8-10H2,1-4H3. The maximum absolute atomic E-state index is 5.88. The molecule has 0 spiro atoms. The summed E-state index contributed by atoms with van der Waals surface area (Å²) in [7, 11) is 0. The van der Waals surface area contributed by atoms with E-state index in [4.69, 9.17) is 4.42 Å². The van der Waals surface area contributed by atoms with Crippen LogP contribution in [0.15, 0.2) is 10.5 Å². The average Bonchev–Trinajstić information content (AvgIpc) is 2.80. The van der Waals surface area contributed by atoms with Gasteiger partial charge in [0.25, 0.3) is 0 Å². The number of nitrogens with zero attached hydrogens (tertiary/aromatic N) is 1. The molecule has 0 bridgehead atoms. The predicted molar refractivity (Wildman–Crippen MR) is 74.5 cm³/mol. The van der Waals surface area contributed by atoms with Crippen molar-refractivity contribution in [1.82, 2.24) is 10.2 Å². The van der Waals surface area contributed by atoms with Gasteiger partial charge in [-0.25, -0.2) is 0 Å². The predicted octanol–water partition coefficient (Wildman–Crippen LogP) is 2.93. The van der Waals surface area contributed by atoms with Crippen LogP contribution in [0, 0.1) is 12.8 Å². The van der Waals surface area contributed by atoms with E-state index in [-0.39, 0.29) is 0 Å². The lowest BCUT2D eigenvalue weighted by Crippen LogP contribution is -2.26. The molecule has 0 radical (unpaired) electrons. The average molecular weight is 250 g/mol. The number of nitrogens with one attached hydrogen (secondary N) is 1. The third-order valence-electron chi connectivity index (χ3n) is 3.91. The molecule has 0 saturated carbocycles. The van der Waals surface area contributed by atoms with Crippen LogP contribution in [0.5, 0.6) is 0 Å². The second kappa shape index (κ2) is 5.89. The Balaban J connectivity index is 1.97. The van der Waals surface area contributed by atoms with Gasteiger partial charge in [0, 0.05) is 24.7 Å². The summed E-state index contributed by atoms with van der Waals surface area (Å²) in [6, 6.07) is 2.90. The first kappa shape index (κ1) is 13.6. The maximum atomic E-state index is 5.88. The Morgan fingerprint density at radius 1 is 1.44 bits per heavy atom. The van der Waals surface area contributed by atoms with E-state index in [1.54, 1.807) is 0 Å². The molecule has 1 aliphatic heterocycles. The van der Waals surface area contributed by atoms with Gasteiger partial charge >= 0.3 is 0 Å². The zero-order chi connectivity index (χ0) is 13.1. The van der Waals surface area contributed by atoms with Crippen molar-refractivity contribution in [2.24, 2.45) is 5.92 Å². The van der Waals surface area contributed by atoms with Crippen LogP contribution in [0.2, 0.25) is 0 Å². The van der Waals surface area contributed by atoms with Crippen molar-refractivity contribution in [3.8, 4) is 0 Å². The van der Waals surface area contributed by atoms with Gasteiger partial charge in [-0.3, -0.25) is 4.90 Å². The van der Waals surface area contributed by atoms with Gasteiger partial charge < -0.3 is 9.73 Å². The molecule has 1 fully saturated rings. The van der Waals surface area contributed by atoms with Crippen molar-refractivity contribution in [1.29, 1.82) is 0 Å². The molecule has 0 aliphatic carbocycles. The van der Waals surface area contributed by atoms with Crippen LogP contribution in [0.25, 0.3) is 0 Å². The van der Waals surface area contributed by atoms with Crippen LogP contribution < -0.4 is 5.32 Å². The first-order chi connectivity index (χ1) is 8.60. The van der Waals surface area contributed by atoms with Crippen LogP contribution in [-0.2, 0) is 13.1 Å². The first-order valence-electron chi connectivity index (χ1n) is 7.13. The van der Waals surface area contributed by atoms with E-state index in [1.165, 1.54) is 18.5 Å². The molecule has 18 heavy (non-hydrogen) atoms. The highest BCUT2D eigenvalue weighted by molar-refractivity contribution is 5.20. The molecular weight excluding hydrogens is 224 g/mol. The number of rotatable bonds is 5. The molecule has 2 rings (SSSR count). The zero-order valence-electron chi connectivity index (χ0n) is 12.1. The maximum Gasteiger partial charge on any atom is 0.118 e. The van der Waals surface area contributed by atoms with E-state index >= 15 is 0 Å². The van der Waals surface area contributed by atoms with E-state index in [0.29, 0.717) is 6.04 Å². The Bertz CT molecular complexity index is 386. The summed E-state index contributed by atoms with van der Waals surface area (Å²) in [5.41, 5.74) is 1.30. The fraction of sp³-hybridized carbons (Fsp3) is 0.733. The second-order valence-corrected chi connectivity index (χ2v) is 5.69. The summed E-state index contributed by atoms with van der Waals surface area (Å²) in [5, 5.41) is 3.35. The van der Waals surface area contributed by atoms with Gasteiger partial charge in [-0.2, -0.15) is 0 Å². The van der Waals surface area contributed by atoms with Gasteiger partial charge in [-0.05, 0) is 38.8 Å². The lowest BCUT2D eigenvalue weighted by Gasteiger charge is -2.19. The van der Waals surface area contributed by atoms with Gasteiger partial charge in [0.2, 0.25) is 0 Å². The van der Waals surface area contributed by atoms with E-state index < -0.39 is 0 Å². The Morgan fingerprint density at radius 2 is 2.22 bits per heavy atom. The highest BCUT2D eigenvalue weighted by Gasteiger charge is 2.26. The summed E-state index contributed by atoms with van der Waals surface area (Å²) >= 11 is 0. The molecule has 1 N–H and O–H groups in total. The molecule has 1 aromatic heterocycles. The fourth-order valence-corrected chi connectivity index (χ4v) is 2.91. The molecule has 2 unspecified atom stereocenters. The van der Waals surface area contributed by atoms with Crippen LogP contribution in [-0.4, -0.2) is 24.0 Å². The van der Waals surface area contributed by atoms with Crippen LogP contribution >= 0.6 is 0 Å². The molecule has 1 aromatic rings. The minimum Gasteiger partial charge on any atom is -0.465 e. The summed E-state index contributed by atoms with van der Waals surface area (Å²) < 4.78 is 5.88. The Morgan fingerprint density at radius 3 is 2.83 bits per heavy atom. The molecule has 3 nitrogen and oxygen atoms in total. The van der Waals surface area contributed by atoms with E-state index in [2.05, 4.69) is 44.0 Å². The second-order valence-electron chi connectivity index (χ2n) is 5.69. The first-order valence-corrected chi connectivity index (χ1v) is 7.13. The number of aryl methyl sites for hydroxylation is 1. The van der Waals surface area contributed by atoms with Crippen molar-refractivity contribution >= 4 is 0 Å². The van der Waals surface area contributed by atoms with Crippen molar-refractivity contribution < 1.29 is 4.42 Å². The largest absolute Gasteiger partial charge is 0.465 e. The van der Waals surface area contributed by atoms with E-state index in [9.17, 15) is 0 Å².